The van der Waals surface area contributed by atoms with E-state index in [-0.39, 0.29) is 0 Å². The lowest BCUT2D eigenvalue weighted by Crippen LogP contribution is -2.53. The smallest absolute Gasteiger partial charge is 0.225 e. The minimum absolute atomic E-state index is 0.341. The van der Waals surface area contributed by atoms with Gasteiger partial charge in [-0.15, -0.1) is 0 Å². The molecule has 0 unspecified atom stereocenters. The SMILES string of the molecule is O=C(C1CCCCCC1)N1CCN(C2CCCCC2)CC1. The van der Waals surface area contributed by atoms with Crippen molar-refractivity contribution in [1.29, 1.82) is 0 Å². The van der Waals surface area contributed by atoms with Crippen molar-refractivity contribution in [1.82, 2.24) is 9.80 Å². The van der Waals surface area contributed by atoms with E-state index < -0.39 is 0 Å². The Bertz CT molecular complexity index is 322. The second-order valence-corrected chi connectivity index (χ2v) is 7.34. The average Bonchev–Trinajstić information content (AvgIpc) is 2.84. The Morgan fingerprint density at radius 3 is 1.81 bits per heavy atom. The van der Waals surface area contributed by atoms with E-state index in [9.17, 15) is 4.79 Å². The van der Waals surface area contributed by atoms with E-state index >= 15 is 0 Å². The molecular weight excluding hydrogens is 260 g/mol. The van der Waals surface area contributed by atoms with Crippen LogP contribution in [0.2, 0.25) is 0 Å². The standard InChI is InChI=1S/C18H32N2O/c21-18(16-8-4-1-2-5-9-16)20-14-12-19(13-15-20)17-10-6-3-7-11-17/h16-17H,1-15H2. The van der Waals surface area contributed by atoms with Crippen LogP contribution in [0.5, 0.6) is 0 Å². The molecular formula is C18H32N2O. The number of nitrogens with zero attached hydrogens (tertiary/aromatic N) is 2. The molecule has 120 valence electrons. The van der Waals surface area contributed by atoms with Gasteiger partial charge in [-0.2, -0.15) is 0 Å². The van der Waals surface area contributed by atoms with Gasteiger partial charge in [0.1, 0.15) is 0 Å². The van der Waals surface area contributed by atoms with Crippen LogP contribution in [0.4, 0.5) is 0 Å². The van der Waals surface area contributed by atoms with Crippen molar-refractivity contribution < 1.29 is 4.79 Å². The highest BCUT2D eigenvalue weighted by molar-refractivity contribution is 5.79. The molecule has 2 saturated carbocycles. The molecule has 0 radical (unpaired) electrons. The lowest BCUT2D eigenvalue weighted by molar-refractivity contribution is -0.138. The molecule has 0 N–H and O–H groups in total. The molecule has 0 atom stereocenters. The van der Waals surface area contributed by atoms with Gasteiger partial charge in [-0.3, -0.25) is 9.69 Å². The third-order valence-electron chi connectivity index (χ3n) is 5.92. The van der Waals surface area contributed by atoms with Gasteiger partial charge in [0.15, 0.2) is 0 Å². The zero-order valence-electron chi connectivity index (χ0n) is 13.6. The monoisotopic (exact) mass is 292 g/mol. The highest BCUT2D eigenvalue weighted by Gasteiger charge is 2.30. The summed E-state index contributed by atoms with van der Waals surface area (Å²) in [6.45, 7) is 4.18. The lowest BCUT2D eigenvalue weighted by Gasteiger charge is -2.41. The molecule has 0 spiro atoms. The largest absolute Gasteiger partial charge is 0.340 e. The van der Waals surface area contributed by atoms with Gasteiger partial charge >= 0.3 is 0 Å². The maximum atomic E-state index is 12.7. The molecule has 3 nitrogen and oxygen atoms in total. The fourth-order valence-corrected chi connectivity index (χ4v) is 4.54. The third-order valence-corrected chi connectivity index (χ3v) is 5.92. The lowest BCUT2D eigenvalue weighted by atomic mass is 9.93. The van der Waals surface area contributed by atoms with Gasteiger partial charge in [0.2, 0.25) is 5.91 Å². The van der Waals surface area contributed by atoms with Crippen molar-refractivity contribution in [3.63, 3.8) is 0 Å². The first-order valence-corrected chi connectivity index (χ1v) is 9.37. The molecule has 3 fully saturated rings. The highest BCUT2D eigenvalue weighted by atomic mass is 16.2. The van der Waals surface area contributed by atoms with E-state index in [1.807, 2.05) is 0 Å². The van der Waals surface area contributed by atoms with E-state index in [2.05, 4.69) is 9.80 Å². The minimum Gasteiger partial charge on any atom is -0.340 e. The summed E-state index contributed by atoms with van der Waals surface area (Å²) in [4.78, 5) is 17.5. The van der Waals surface area contributed by atoms with Gasteiger partial charge in [0.25, 0.3) is 0 Å². The van der Waals surface area contributed by atoms with Crippen molar-refractivity contribution in [2.24, 2.45) is 5.92 Å². The molecule has 0 aromatic carbocycles. The van der Waals surface area contributed by atoms with Crippen LogP contribution in [0.1, 0.15) is 70.6 Å². The molecule has 1 amide bonds. The van der Waals surface area contributed by atoms with Crippen LogP contribution >= 0.6 is 0 Å². The Hall–Kier alpha value is -0.570. The van der Waals surface area contributed by atoms with Crippen molar-refractivity contribution in [3.8, 4) is 0 Å². The molecule has 1 saturated heterocycles. The van der Waals surface area contributed by atoms with E-state index in [4.69, 9.17) is 0 Å². The Balaban J connectivity index is 1.46. The Kier molecular flexibility index (Phi) is 5.56. The summed E-state index contributed by atoms with van der Waals surface area (Å²) in [7, 11) is 0. The van der Waals surface area contributed by atoms with E-state index in [1.54, 1.807) is 0 Å². The van der Waals surface area contributed by atoms with Crippen LogP contribution in [0, 0.1) is 5.92 Å². The van der Waals surface area contributed by atoms with Gasteiger partial charge in [0.05, 0.1) is 0 Å². The molecule has 1 aliphatic heterocycles. The summed E-state index contributed by atoms with van der Waals surface area (Å²) >= 11 is 0. The number of piperazine rings is 1. The summed E-state index contributed by atoms with van der Waals surface area (Å²) in [5.74, 6) is 0.814. The van der Waals surface area contributed by atoms with Gasteiger partial charge in [-0.05, 0) is 25.7 Å². The number of hydrogen-bond acceptors (Lipinski definition) is 2. The number of carbonyl (C=O) groups excluding carboxylic acids is 1. The number of rotatable bonds is 2. The van der Waals surface area contributed by atoms with Crippen molar-refractivity contribution in [2.75, 3.05) is 26.2 Å². The van der Waals surface area contributed by atoms with Gasteiger partial charge in [-0.1, -0.05) is 44.9 Å². The molecule has 2 aliphatic carbocycles. The fraction of sp³-hybridized carbons (Fsp3) is 0.944. The van der Waals surface area contributed by atoms with Crippen molar-refractivity contribution >= 4 is 5.91 Å². The summed E-state index contributed by atoms with van der Waals surface area (Å²) < 4.78 is 0. The third kappa shape index (κ3) is 4.00. The Morgan fingerprint density at radius 1 is 0.667 bits per heavy atom. The van der Waals surface area contributed by atoms with Crippen LogP contribution < -0.4 is 0 Å². The molecule has 21 heavy (non-hydrogen) atoms. The average molecular weight is 292 g/mol. The van der Waals surface area contributed by atoms with Crippen molar-refractivity contribution in [2.45, 2.75) is 76.7 Å². The van der Waals surface area contributed by atoms with Crippen LogP contribution in [-0.2, 0) is 4.79 Å². The summed E-state index contributed by atoms with van der Waals surface area (Å²) in [6, 6.07) is 0.814. The fourth-order valence-electron chi connectivity index (χ4n) is 4.54. The molecule has 0 aromatic heterocycles. The molecule has 3 rings (SSSR count). The van der Waals surface area contributed by atoms with E-state index in [1.165, 1.54) is 57.8 Å². The summed E-state index contributed by atoms with van der Waals surface area (Å²) in [5.41, 5.74) is 0. The maximum absolute atomic E-state index is 12.7. The van der Waals surface area contributed by atoms with Crippen molar-refractivity contribution in [3.05, 3.63) is 0 Å². The summed E-state index contributed by atoms with van der Waals surface area (Å²) in [5, 5.41) is 0. The molecule has 0 bridgehead atoms. The van der Waals surface area contributed by atoms with Crippen LogP contribution in [0.3, 0.4) is 0 Å². The number of hydrogen-bond donors (Lipinski definition) is 0. The second-order valence-electron chi connectivity index (χ2n) is 7.34. The van der Waals surface area contributed by atoms with Gasteiger partial charge in [-0.25, -0.2) is 0 Å². The summed E-state index contributed by atoms with van der Waals surface area (Å²) in [6.07, 6.45) is 14.5. The molecule has 0 aromatic rings. The topological polar surface area (TPSA) is 23.6 Å². The van der Waals surface area contributed by atoms with Crippen LogP contribution in [0.25, 0.3) is 0 Å². The maximum Gasteiger partial charge on any atom is 0.225 e. The van der Waals surface area contributed by atoms with Gasteiger partial charge < -0.3 is 4.90 Å². The predicted octanol–water partition coefficient (Wildman–Crippen LogP) is 3.43. The first kappa shape index (κ1) is 15.3. The zero-order valence-corrected chi connectivity index (χ0v) is 13.6. The number of amides is 1. The van der Waals surface area contributed by atoms with Gasteiger partial charge in [0, 0.05) is 38.1 Å². The number of carbonyl (C=O) groups is 1. The van der Waals surface area contributed by atoms with E-state index in [0.29, 0.717) is 11.8 Å². The normalized spacial score (nSPS) is 27.5. The predicted molar refractivity (Wildman–Crippen MR) is 86.2 cm³/mol. The first-order valence-electron chi connectivity index (χ1n) is 9.37. The quantitative estimate of drug-likeness (QED) is 0.728. The highest BCUT2D eigenvalue weighted by Crippen LogP contribution is 2.27. The van der Waals surface area contributed by atoms with Crippen LogP contribution in [-0.4, -0.2) is 47.9 Å². The molecule has 3 heteroatoms. The van der Waals surface area contributed by atoms with E-state index in [0.717, 1.165) is 45.1 Å². The Morgan fingerprint density at radius 2 is 1.19 bits per heavy atom. The minimum atomic E-state index is 0.341. The molecule has 3 aliphatic rings. The Labute approximate surface area is 130 Å². The molecule has 1 heterocycles. The zero-order chi connectivity index (χ0) is 14.5. The first-order chi connectivity index (χ1) is 10.3. The second kappa shape index (κ2) is 7.62. The van der Waals surface area contributed by atoms with Crippen LogP contribution in [0.15, 0.2) is 0 Å².